The van der Waals surface area contributed by atoms with Gasteiger partial charge in [-0.2, -0.15) is 0 Å². The summed E-state index contributed by atoms with van der Waals surface area (Å²) in [6.45, 7) is -0.250. The van der Waals surface area contributed by atoms with E-state index in [4.69, 9.17) is 10.2 Å². The van der Waals surface area contributed by atoms with Gasteiger partial charge in [0.05, 0.1) is 13.2 Å². The van der Waals surface area contributed by atoms with Crippen LogP contribution < -0.4 is 0 Å². The molecule has 0 rings (SSSR count). The Kier molecular flexibility index (Phi) is 22.6. The molecule has 0 aliphatic heterocycles. The first-order valence-corrected chi connectivity index (χ1v) is 18.4. The maximum atomic E-state index is 7.62. The first kappa shape index (κ1) is 11.6. The molecule has 0 aromatic heterocycles. The zero-order chi connectivity index (χ0) is 6.83. The van der Waals surface area contributed by atoms with Crippen LogP contribution in [0.3, 0.4) is 0 Å². The summed E-state index contributed by atoms with van der Waals surface area (Å²) in [6, 6.07) is 0. The van der Waals surface area contributed by atoms with Gasteiger partial charge in [-0.05, 0) is 36.6 Å². The van der Waals surface area contributed by atoms with Gasteiger partial charge in [0.2, 0.25) is 0 Å². The van der Waals surface area contributed by atoms with Gasteiger partial charge in [0.25, 0.3) is 0 Å². The minimum absolute atomic E-state index is 0.125. The Morgan fingerprint density at radius 3 is 1.25 bits per heavy atom. The number of aliphatic hydroxyl groups is 2. The molecule has 0 unspecified atom stereocenters. The molecular formula is C2H16O2Si4. The van der Waals surface area contributed by atoms with Gasteiger partial charge in [-0.3, -0.25) is 0 Å². The number of hydrogen-bond donors (Lipinski definition) is 2. The van der Waals surface area contributed by atoms with Crippen LogP contribution in [0.5, 0.6) is 0 Å². The fraction of sp³-hybridized carbons (Fsp3) is 1.00. The van der Waals surface area contributed by atoms with Crippen molar-refractivity contribution in [3.8, 4) is 0 Å². The summed E-state index contributed by atoms with van der Waals surface area (Å²) in [5.41, 5.74) is 0. The van der Waals surface area contributed by atoms with Crippen LogP contribution in [0.1, 0.15) is 0 Å². The van der Waals surface area contributed by atoms with Crippen molar-refractivity contribution in [2.75, 3.05) is 13.2 Å². The van der Waals surface area contributed by atoms with Crippen molar-refractivity contribution < 1.29 is 10.2 Å². The van der Waals surface area contributed by atoms with Gasteiger partial charge in [-0.25, -0.2) is 0 Å². The van der Waals surface area contributed by atoms with Crippen LogP contribution in [-0.2, 0) is 0 Å². The van der Waals surface area contributed by atoms with Gasteiger partial charge in [-0.1, -0.05) is 0 Å². The van der Waals surface area contributed by atoms with Crippen LogP contribution in [0.4, 0.5) is 0 Å². The Hall–Kier alpha value is 0.788. The van der Waals surface area contributed by atoms with E-state index < -0.39 is 0 Å². The van der Waals surface area contributed by atoms with E-state index in [0.717, 1.165) is 17.1 Å². The van der Waals surface area contributed by atoms with Crippen LogP contribution in [0.25, 0.3) is 0 Å². The van der Waals surface area contributed by atoms with Gasteiger partial charge in [0, 0.05) is 0 Å². The predicted molar refractivity (Wildman–Crippen MR) is 51.1 cm³/mol. The smallest absolute Gasteiger partial charge is 0.0662 e. The summed E-state index contributed by atoms with van der Waals surface area (Å²) >= 11 is 0. The molecule has 6 heteroatoms. The second-order valence-electron chi connectivity index (χ2n) is 1.45. The third-order valence-corrected chi connectivity index (χ3v) is 40.6. The summed E-state index contributed by atoms with van der Waals surface area (Å²) in [7, 11) is 4.78. The fourth-order valence-electron chi connectivity index (χ4n) is 0. The van der Waals surface area contributed by atoms with E-state index >= 15 is 0 Å². The average molecular weight is 184 g/mol. The van der Waals surface area contributed by atoms with Crippen molar-refractivity contribution in [3.05, 3.63) is 0 Å². The molecular weight excluding hydrogens is 168 g/mol. The normalized spacial score (nSPS) is 11.2. The van der Waals surface area contributed by atoms with E-state index in [9.17, 15) is 0 Å². The zero-order valence-corrected chi connectivity index (χ0v) is 12.6. The Morgan fingerprint density at radius 1 is 1.00 bits per heavy atom. The van der Waals surface area contributed by atoms with E-state index in [1.165, 1.54) is 0 Å². The highest BCUT2D eigenvalue weighted by Gasteiger charge is 1.61. The highest BCUT2D eigenvalue weighted by atomic mass is 29.7. The standard InChI is InChI=1S/C2H6O2.H10Si4/c3-1-2-4;1-3-4-2/h3-4H,1-2H2;3-4H2,1-2H3. The van der Waals surface area contributed by atoms with Gasteiger partial charge >= 0.3 is 0 Å². The molecule has 8 heavy (non-hydrogen) atoms. The third-order valence-electron chi connectivity index (χ3n) is 0.600. The second-order valence-corrected chi connectivity index (χ2v) is 27.4. The van der Waals surface area contributed by atoms with E-state index in [-0.39, 0.29) is 13.2 Å². The van der Waals surface area contributed by atoms with Crippen LogP contribution in [0.2, 0.25) is 0 Å². The maximum absolute atomic E-state index is 7.62. The molecule has 0 amide bonds. The summed E-state index contributed by atoms with van der Waals surface area (Å²) < 4.78 is 0. The molecule has 0 aliphatic carbocycles. The molecule has 0 fully saturated rings. The molecule has 0 atom stereocenters. The Balaban J connectivity index is 0. The molecule has 0 aromatic rings. The van der Waals surface area contributed by atoms with Crippen molar-refractivity contribution in [3.63, 3.8) is 0 Å². The lowest BCUT2D eigenvalue weighted by molar-refractivity contribution is 0.186. The Morgan fingerprint density at radius 2 is 1.25 bits per heavy atom. The highest BCUT2D eigenvalue weighted by molar-refractivity contribution is 7.37. The van der Waals surface area contributed by atoms with Crippen LogP contribution >= 0.6 is 0 Å². The third kappa shape index (κ3) is 29.3. The van der Waals surface area contributed by atoms with Gasteiger partial charge in [0.15, 0.2) is 0 Å². The van der Waals surface area contributed by atoms with E-state index in [0.29, 0.717) is 0 Å². The van der Waals surface area contributed by atoms with E-state index in [1.807, 2.05) is 0 Å². The molecule has 0 saturated carbocycles. The number of rotatable bonds is 2. The SMILES string of the molecule is OCCO.[SiH3][SiH2][SiH2][SiH3]. The molecule has 0 spiro atoms. The molecule has 2 nitrogen and oxygen atoms in total. The lowest BCUT2D eigenvalue weighted by Crippen LogP contribution is -2.00. The maximum Gasteiger partial charge on any atom is 0.0662 e. The summed E-state index contributed by atoms with van der Waals surface area (Å²) in [6.07, 6.45) is 0. The van der Waals surface area contributed by atoms with Crippen LogP contribution in [0, 0.1) is 0 Å². The summed E-state index contributed by atoms with van der Waals surface area (Å²) in [4.78, 5) is 0. The van der Waals surface area contributed by atoms with Crippen molar-refractivity contribution in [2.45, 2.75) is 0 Å². The monoisotopic (exact) mass is 184 g/mol. The lowest BCUT2D eigenvalue weighted by atomic mass is 10.8. The van der Waals surface area contributed by atoms with Crippen molar-refractivity contribution >= 4 is 36.6 Å². The zero-order valence-electron chi connectivity index (χ0n) is 5.72. The molecule has 0 radical (unpaired) electrons. The van der Waals surface area contributed by atoms with E-state index in [2.05, 4.69) is 0 Å². The quantitative estimate of drug-likeness (QED) is 0.421. The van der Waals surface area contributed by atoms with Gasteiger partial charge in [-0.15, -0.1) is 0 Å². The van der Waals surface area contributed by atoms with Gasteiger partial charge in [0.1, 0.15) is 0 Å². The highest BCUT2D eigenvalue weighted by Crippen LogP contribution is 1.39. The van der Waals surface area contributed by atoms with Crippen molar-refractivity contribution in [1.29, 1.82) is 0 Å². The van der Waals surface area contributed by atoms with Crippen molar-refractivity contribution in [2.24, 2.45) is 0 Å². The Labute approximate surface area is 60.6 Å². The summed E-state index contributed by atoms with van der Waals surface area (Å²) in [5, 5.41) is 15.2. The first-order valence-electron chi connectivity index (χ1n) is 3.05. The minimum Gasteiger partial charge on any atom is -0.394 e. The van der Waals surface area contributed by atoms with Crippen LogP contribution in [0.15, 0.2) is 0 Å². The molecule has 0 aromatic carbocycles. The molecule has 0 heterocycles. The first-order chi connectivity index (χ1) is 3.83. The molecule has 2 N–H and O–H groups in total. The topological polar surface area (TPSA) is 40.5 Å². The molecule has 0 saturated heterocycles. The van der Waals surface area contributed by atoms with Crippen molar-refractivity contribution in [1.82, 2.24) is 0 Å². The van der Waals surface area contributed by atoms with E-state index in [1.54, 1.807) is 19.5 Å². The predicted octanol–water partition coefficient (Wildman–Crippen LogP) is -5.23. The summed E-state index contributed by atoms with van der Waals surface area (Å²) in [5.74, 6) is 0. The number of hydrogen-bond acceptors (Lipinski definition) is 2. The van der Waals surface area contributed by atoms with Gasteiger partial charge < -0.3 is 10.2 Å². The minimum atomic E-state index is -0.125. The molecule has 0 aliphatic rings. The van der Waals surface area contributed by atoms with Crippen LogP contribution in [-0.4, -0.2) is 60.1 Å². The average Bonchev–Trinajstić information content (AvgIpc) is 1.88. The molecule has 0 bridgehead atoms. The number of aliphatic hydroxyl groups excluding tert-OH is 2. The fourth-order valence-corrected chi connectivity index (χ4v) is 0. The lowest BCUT2D eigenvalue weighted by Gasteiger charge is -1.70. The largest absolute Gasteiger partial charge is 0.394 e. The second kappa shape index (κ2) is 15.7. The Bertz CT molecular complexity index is 20.0. The molecule has 52 valence electrons.